The van der Waals surface area contributed by atoms with Crippen LogP contribution >= 0.6 is 0 Å². The number of fused-ring (bicyclic) bond motifs is 1. The van der Waals surface area contributed by atoms with E-state index in [1.54, 1.807) is 7.11 Å². The van der Waals surface area contributed by atoms with Gasteiger partial charge >= 0.3 is 0 Å². The van der Waals surface area contributed by atoms with Crippen molar-refractivity contribution in [2.24, 2.45) is 0 Å². The van der Waals surface area contributed by atoms with E-state index in [1.165, 1.54) is 78.9 Å². The Hall–Kier alpha value is -3.24. The Bertz CT molecular complexity index is 1190. The van der Waals surface area contributed by atoms with E-state index >= 15 is 0 Å². The number of piperazine rings is 1. The fourth-order valence-electron chi connectivity index (χ4n) is 6.15. The van der Waals surface area contributed by atoms with E-state index in [2.05, 4.69) is 81.6 Å². The molecule has 0 aromatic heterocycles. The number of nitrogens with zero attached hydrogens (tertiary/aromatic N) is 3. The largest absolute Gasteiger partial charge is 0.497 e. The fraction of sp³-hybridized carbons (Fsp3) is 0.375. The van der Waals surface area contributed by atoms with Gasteiger partial charge in [0.1, 0.15) is 5.75 Å². The van der Waals surface area contributed by atoms with Gasteiger partial charge in [-0.2, -0.15) is 0 Å². The molecule has 2 fully saturated rings. The van der Waals surface area contributed by atoms with Crippen LogP contribution < -0.4 is 14.5 Å². The van der Waals surface area contributed by atoms with E-state index in [0.717, 1.165) is 31.3 Å². The number of anilines is 3. The molecule has 0 atom stereocenters. The molecule has 6 rings (SSSR count). The third-order valence-electron chi connectivity index (χ3n) is 8.25. The standard InChI is InChI=1S/C32H37N3O/c1-36-31-16-9-25(10-17-31)26-11-18-32-27(24-26)6-5-19-35(32)30-14-12-29(13-15-30)34-22-20-33(21-23-34)28-7-3-2-4-8-28/h5,9-19,24,28H,2-4,6-8,20-23H2,1H3. The zero-order chi connectivity index (χ0) is 24.3. The first-order chi connectivity index (χ1) is 17.8. The van der Waals surface area contributed by atoms with Gasteiger partial charge in [0.15, 0.2) is 0 Å². The maximum absolute atomic E-state index is 5.31. The predicted octanol–water partition coefficient (Wildman–Crippen LogP) is 7.02. The number of ether oxygens (including phenoxy) is 1. The summed E-state index contributed by atoms with van der Waals surface area (Å²) in [7, 11) is 1.71. The highest BCUT2D eigenvalue weighted by atomic mass is 16.5. The molecule has 0 bridgehead atoms. The van der Waals surface area contributed by atoms with Crippen LogP contribution in [0.25, 0.3) is 11.1 Å². The van der Waals surface area contributed by atoms with Crippen molar-refractivity contribution in [3.63, 3.8) is 0 Å². The molecule has 3 aromatic rings. The van der Waals surface area contributed by atoms with Crippen LogP contribution in [0.1, 0.15) is 37.7 Å². The van der Waals surface area contributed by atoms with Crippen molar-refractivity contribution in [1.29, 1.82) is 0 Å². The Labute approximate surface area is 215 Å². The molecule has 3 aromatic carbocycles. The van der Waals surface area contributed by atoms with Gasteiger partial charge in [-0.3, -0.25) is 4.90 Å². The van der Waals surface area contributed by atoms with Gasteiger partial charge in [0.2, 0.25) is 0 Å². The van der Waals surface area contributed by atoms with Crippen LogP contribution in [0, 0.1) is 0 Å². The lowest BCUT2D eigenvalue weighted by atomic mass is 9.94. The normalized spacial score (nSPS) is 18.8. The minimum Gasteiger partial charge on any atom is -0.497 e. The smallest absolute Gasteiger partial charge is 0.118 e. The van der Waals surface area contributed by atoms with Crippen molar-refractivity contribution in [3.05, 3.63) is 84.6 Å². The Morgan fingerprint density at radius 1 is 0.722 bits per heavy atom. The van der Waals surface area contributed by atoms with Crippen LogP contribution in [0.5, 0.6) is 5.75 Å². The number of benzene rings is 3. The molecule has 0 unspecified atom stereocenters. The summed E-state index contributed by atoms with van der Waals surface area (Å²) >= 11 is 0. The summed E-state index contributed by atoms with van der Waals surface area (Å²) in [6.07, 6.45) is 12.5. The number of hydrogen-bond donors (Lipinski definition) is 0. The van der Waals surface area contributed by atoms with Crippen LogP contribution in [0.2, 0.25) is 0 Å². The molecule has 4 heteroatoms. The van der Waals surface area contributed by atoms with E-state index in [9.17, 15) is 0 Å². The van der Waals surface area contributed by atoms with Crippen molar-refractivity contribution >= 4 is 17.1 Å². The fourth-order valence-corrected chi connectivity index (χ4v) is 6.15. The molecule has 36 heavy (non-hydrogen) atoms. The molecule has 1 aliphatic carbocycles. The molecule has 186 valence electrons. The van der Waals surface area contributed by atoms with Gasteiger partial charge in [-0.15, -0.1) is 0 Å². The van der Waals surface area contributed by atoms with Crippen LogP contribution in [0.15, 0.2) is 79.0 Å². The van der Waals surface area contributed by atoms with E-state index in [-0.39, 0.29) is 0 Å². The third kappa shape index (κ3) is 4.75. The summed E-state index contributed by atoms with van der Waals surface area (Å²) in [6, 6.07) is 25.1. The van der Waals surface area contributed by atoms with Gasteiger partial charge in [0.05, 0.1) is 7.11 Å². The Morgan fingerprint density at radius 2 is 1.42 bits per heavy atom. The summed E-state index contributed by atoms with van der Waals surface area (Å²) in [5.74, 6) is 0.889. The predicted molar refractivity (Wildman–Crippen MR) is 151 cm³/mol. The summed E-state index contributed by atoms with van der Waals surface area (Å²) in [5.41, 5.74) is 7.64. The molecular formula is C32H37N3O. The summed E-state index contributed by atoms with van der Waals surface area (Å²) in [5, 5.41) is 0. The molecular weight excluding hydrogens is 442 g/mol. The van der Waals surface area contributed by atoms with Gasteiger partial charge in [-0.05, 0) is 84.5 Å². The SMILES string of the molecule is COc1ccc(-c2ccc3c(c2)CC=CN3c2ccc(N3CCN(C4CCCCC4)CC3)cc2)cc1. The molecule has 0 amide bonds. The zero-order valence-corrected chi connectivity index (χ0v) is 21.4. The lowest BCUT2D eigenvalue weighted by Crippen LogP contribution is -2.50. The quantitative estimate of drug-likeness (QED) is 0.391. The highest BCUT2D eigenvalue weighted by molar-refractivity contribution is 5.76. The topological polar surface area (TPSA) is 19.0 Å². The van der Waals surface area contributed by atoms with E-state index < -0.39 is 0 Å². The first kappa shape index (κ1) is 23.2. The maximum atomic E-state index is 5.31. The Balaban J connectivity index is 1.14. The first-order valence-corrected chi connectivity index (χ1v) is 13.6. The summed E-state index contributed by atoms with van der Waals surface area (Å²) in [6.45, 7) is 4.67. The lowest BCUT2D eigenvalue weighted by molar-refractivity contribution is 0.148. The molecule has 2 heterocycles. The van der Waals surface area contributed by atoms with Gasteiger partial charge in [-0.1, -0.05) is 43.5 Å². The van der Waals surface area contributed by atoms with Crippen LogP contribution in [0.4, 0.5) is 17.1 Å². The van der Waals surface area contributed by atoms with Crippen LogP contribution in [0.3, 0.4) is 0 Å². The zero-order valence-electron chi connectivity index (χ0n) is 21.4. The molecule has 3 aliphatic rings. The van der Waals surface area contributed by atoms with Crippen LogP contribution in [-0.2, 0) is 6.42 Å². The van der Waals surface area contributed by atoms with Gasteiger partial charge in [-0.25, -0.2) is 0 Å². The monoisotopic (exact) mass is 479 g/mol. The number of rotatable bonds is 5. The number of allylic oxidation sites excluding steroid dienone is 1. The average Bonchev–Trinajstić information content (AvgIpc) is 2.97. The minimum atomic E-state index is 0.833. The molecule has 1 saturated carbocycles. The van der Waals surface area contributed by atoms with Gasteiger partial charge < -0.3 is 14.5 Å². The first-order valence-electron chi connectivity index (χ1n) is 13.6. The van der Waals surface area contributed by atoms with Crippen molar-refractivity contribution in [3.8, 4) is 16.9 Å². The lowest BCUT2D eigenvalue weighted by Gasteiger charge is -2.41. The van der Waals surface area contributed by atoms with E-state index in [1.807, 2.05) is 12.1 Å². The van der Waals surface area contributed by atoms with Crippen LogP contribution in [-0.4, -0.2) is 44.2 Å². The molecule has 0 N–H and O–H groups in total. The van der Waals surface area contributed by atoms with Crippen molar-refractivity contribution in [1.82, 2.24) is 4.90 Å². The molecule has 1 saturated heterocycles. The van der Waals surface area contributed by atoms with E-state index in [0.29, 0.717) is 0 Å². The minimum absolute atomic E-state index is 0.833. The third-order valence-corrected chi connectivity index (χ3v) is 8.25. The average molecular weight is 480 g/mol. The molecule has 0 radical (unpaired) electrons. The molecule has 0 spiro atoms. The number of methoxy groups -OCH3 is 1. The summed E-state index contributed by atoms with van der Waals surface area (Å²) < 4.78 is 5.31. The summed E-state index contributed by atoms with van der Waals surface area (Å²) in [4.78, 5) is 7.63. The number of hydrogen-bond acceptors (Lipinski definition) is 4. The second-order valence-electron chi connectivity index (χ2n) is 10.4. The second kappa shape index (κ2) is 10.4. The van der Waals surface area contributed by atoms with Gasteiger partial charge in [0, 0.05) is 55.5 Å². The van der Waals surface area contributed by atoms with Gasteiger partial charge in [0.25, 0.3) is 0 Å². The Kier molecular flexibility index (Phi) is 6.69. The highest BCUT2D eigenvalue weighted by Crippen LogP contribution is 2.36. The Morgan fingerprint density at radius 3 is 2.14 bits per heavy atom. The molecule has 4 nitrogen and oxygen atoms in total. The van der Waals surface area contributed by atoms with Crippen molar-refractivity contribution < 1.29 is 4.74 Å². The van der Waals surface area contributed by atoms with Crippen molar-refractivity contribution in [2.75, 3.05) is 43.1 Å². The highest BCUT2D eigenvalue weighted by Gasteiger charge is 2.25. The van der Waals surface area contributed by atoms with E-state index in [4.69, 9.17) is 4.74 Å². The maximum Gasteiger partial charge on any atom is 0.118 e. The van der Waals surface area contributed by atoms with Crippen molar-refractivity contribution in [2.45, 2.75) is 44.6 Å². The molecule has 2 aliphatic heterocycles. The second-order valence-corrected chi connectivity index (χ2v) is 10.4.